The van der Waals surface area contributed by atoms with Gasteiger partial charge in [-0.3, -0.25) is 14.4 Å². The van der Waals surface area contributed by atoms with E-state index in [1.165, 1.54) is 0 Å². The number of anilines is 2. The van der Waals surface area contributed by atoms with Gasteiger partial charge in [0.2, 0.25) is 11.8 Å². The van der Waals surface area contributed by atoms with Crippen LogP contribution in [-0.4, -0.2) is 22.9 Å². The Balaban J connectivity index is 2.35. The van der Waals surface area contributed by atoms with E-state index in [1.807, 2.05) is 0 Å². The van der Waals surface area contributed by atoms with Gasteiger partial charge in [-0.15, -0.1) is 0 Å². The molecule has 0 saturated heterocycles. The highest BCUT2D eigenvalue weighted by atomic mass is 16.4. The SMILES string of the molecule is Nc1ccc2c(c1)CC(=O)N2C(=O)CC(=O)O. The molecule has 88 valence electrons. The number of amides is 2. The first-order valence-electron chi connectivity index (χ1n) is 4.95. The molecule has 0 atom stereocenters. The van der Waals surface area contributed by atoms with Gasteiger partial charge in [-0.05, 0) is 23.8 Å². The lowest BCUT2D eigenvalue weighted by Gasteiger charge is -2.14. The molecule has 6 nitrogen and oxygen atoms in total. The lowest BCUT2D eigenvalue weighted by molar-refractivity contribution is -0.140. The monoisotopic (exact) mass is 234 g/mol. The maximum atomic E-state index is 11.6. The van der Waals surface area contributed by atoms with Gasteiger partial charge in [-0.2, -0.15) is 0 Å². The lowest BCUT2D eigenvalue weighted by Crippen LogP contribution is -2.34. The number of fused-ring (bicyclic) bond motifs is 1. The fraction of sp³-hybridized carbons (Fsp3) is 0.182. The summed E-state index contributed by atoms with van der Waals surface area (Å²) in [5.74, 6) is -2.41. The van der Waals surface area contributed by atoms with Gasteiger partial charge in [0.1, 0.15) is 6.42 Å². The summed E-state index contributed by atoms with van der Waals surface area (Å²) < 4.78 is 0. The molecule has 2 rings (SSSR count). The molecule has 3 N–H and O–H groups in total. The molecule has 1 heterocycles. The quantitative estimate of drug-likeness (QED) is 0.560. The van der Waals surface area contributed by atoms with Crippen molar-refractivity contribution in [3.8, 4) is 0 Å². The van der Waals surface area contributed by atoms with Crippen molar-refractivity contribution >= 4 is 29.2 Å². The van der Waals surface area contributed by atoms with Gasteiger partial charge in [0, 0.05) is 5.69 Å². The summed E-state index contributed by atoms with van der Waals surface area (Å²) in [7, 11) is 0. The van der Waals surface area contributed by atoms with Gasteiger partial charge >= 0.3 is 5.97 Å². The second-order valence-corrected chi connectivity index (χ2v) is 3.76. The predicted octanol–water partition coefficient (Wildman–Crippen LogP) is 0.159. The van der Waals surface area contributed by atoms with Crippen molar-refractivity contribution in [1.29, 1.82) is 0 Å². The third kappa shape index (κ3) is 1.96. The largest absolute Gasteiger partial charge is 0.481 e. The van der Waals surface area contributed by atoms with E-state index in [0.717, 1.165) is 4.90 Å². The number of aliphatic carboxylic acids is 1. The number of rotatable bonds is 2. The Kier molecular flexibility index (Phi) is 2.55. The zero-order valence-corrected chi connectivity index (χ0v) is 8.84. The van der Waals surface area contributed by atoms with E-state index in [1.54, 1.807) is 18.2 Å². The van der Waals surface area contributed by atoms with E-state index in [9.17, 15) is 14.4 Å². The summed E-state index contributed by atoms with van der Waals surface area (Å²) in [4.78, 5) is 34.6. The summed E-state index contributed by atoms with van der Waals surface area (Å²) in [5.41, 5.74) is 7.15. The molecule has 0 bridgehead atoms. The number of hydrogen-bond donors (Lipinski definition) is 2. The molecule has 0 aliphatic carbocycles. The zero-order chi connectivity index (χ0) is 12.6. The molecule has 6 heteroatoms. The van der Waals surface area contributed by atoms with Crippen LogP contribution in [0.15, 0.2) is 18.2 Å². The van der Waals surface area contributed by atoms with Crippen molar-refractivity contribution in [3.05, 3.63) is 23.8 Å². The van der Waals surface area contributed by atoms with Crippen LogP contribution in [0.4, 0.5) is 11.4 Å². The molecule has 0 radical (unpaired) electrons. The Hall–Kier alpha value is -2.37. The number of carbonyl (C=O) groups excluding carboxylic acids is 2. The van der Waals surface area contributed by atoms with Crippen molar-refractivity contribution in [2.24, 2.45) is 0 Å². The first-order chi connectivity index (χ1) is 7.99. The minimum atomic E-state index is -1.26. The van der Waals surface area contributed by atoms with Gasteiger partial charge in [0.05, 0.1) is 12.1 Å². The van der Waals surface area contributed by atoms with Crippen LogP contribution in [0.2, 0.25) is 0 Å². The van der Waals surface area contributed by atoms with E-state index in [2.05, 4.69) is 0 Å². The fourth-order valence-electron chi connectivity index (χ4n) is 1.82. The second kappa shape index (κ2) is 3.89. The van der Waals surface area contributed by atoms with Crippen molar-refractivity contribution < 1.29 is 19.5 Å². The number of nitrogens with zero attached hydrogens (tertiary/aromatic N) is 1. The number of carboxylic acid groups (broad SMARTS) is 1. The Morgan fingerprint density at radius 1 is 1.41 bits per heavy atom. The van der Waals surface area contributed by atoms with Crippen LogP contribution in [0, 0.1) is 0 Å². The smallest absolute Gasteiger partial charge is 0.312 e. The zero-order valence-electron chi connectivity index (χ0n) is 8.84. The summed E-state index contributed by atoms with van der Waals surface area (Å²) >= 11 is 0. The highest BCUT2D eigenvalue weighted by Gasteiger charge is 2.32. The number of benzene rings is 1. The van der Waals surface area contributed by atoms with Crippen molar-refractivity contribution in [1.82, 2.24) is 0 Å². The fourth-order valence-corrected chi connectivity index (χ4v) is 1.82. The van der Waals surface area contributed by atoms with E-state index in [0.29, 0.717) is 16.9 Å². The van der Waals surface area contributed by atoms with Crippen LogP contribution in [0.5, 0.6) is 0 Å². The Morgan fingerprint density at radius 3 is 2.76 bits per heavy atom. The average Bonchev–Trinajstić information content (AvgIpc) is 2.51. The molecule has 1 aliphatic heterocycles. The number of carboxylic acids is 1. The van der Waals surface area contributed by atoms with E-state index < -0.39 is 24.2 Å². The summed E-state index contributed by atoms with van der Waals surface area (Å²) in [5, 5.41) is 8.54. The molecular formula is C11H10N2O4. The highest BCUT2D eigenvalue weighted by molar-refractivity contribution is 6.21. The van der Waals surface area contributed by atoms with Crippen molar-refractivity contribution in [3.63, 3.8) is 0 Å². The van der Waals surface area contributed by atoms with Gasteiger partial charge in [-0.1, -0.05) is 0 Å². The molecule has 0 spiro atoms. The van der Waals surface area contributed by atoms with E-state index in [4.69, 9.17) is 10.8 Å². The minimum Gasteiger partial charge on any atom is -0.481 e. The van der Waals surface area contributed by atoms with Gasteiger partial charge in [0.25, 0.3) is 0 Å². The van der Waals surface area contributed by atoms with Gasteiger partial charge in [0.15, 0.2) is 0 Å². The normalized spacial score (nSPS) is 13.6. The third-order valence-corrected chi connectivity index (χ3v) is 2.49. The molecular weight excluding hydrogens is 224 g/mol. The van der Waals surface area contributed by atoms with Crippen molar-refractivity contribution in [2.75, 3.05) is 10.6 Å². The summed E-state index contributed by atoms with van der Waals surface area (Å²) in [6.45, 7) is 0. The molecule has 0 saturated carbocycles. The van der Waals surface area contributed by atoms with Crippen LogP contribution in [0.1, 0.15) is 12.0 Å². The lowest BCUT2D eigenvalue weighted by atomic mass is 10.1. The summed E-state index contributed by atoms with van der Waals surface area (Å²) in [6, 6.07) is 4.73. The van der Waals surface area contributed by atoms with E-state index in [-0.39, 0.29) is 6.42 Å². The molecule has 17 heavy (non-hydrogen) atoms. The Bertz CT molecular complexity index is 524. The maximum absolute atomic E-state index is 11.6. The number of imide groups is 1. The van der Waals surface area contributed by atoms with Crippen LogP contribution in [0.3, 0.4) is 0 Å². The van der Waals surface area contributed by atoms with Crippen LogP contribution in [0.25, 0.3) is 0 Å². The second-order valence-electron chi connectivity index (χ2n) is 3.76. The topological polar surface area (TPSA) is 101 Å². The molecule has 1 aliphatic rings. The van der Waals surface area contributed by atoms with Crippen LogP contribution in [-0.2, 0) is 20.8 Å². The average molecular weight is 234 g/mol. The van der Waals surface area contributed by atoms with Gasteiger partial charge in [-0.25, -0.2) is 4.90 Å². The molecule has 1 aromatic carbocycles. The molecule has 0 fully saturated rings. The molecule has 0 aromatic heterocycles. The number of hydrogen-bond acceptors (Lipinski definition) is 4. The Morgan fingerprint density at radius 2 is 2.12 bits per heavy atom. The number of carbonyl (C=O) groups is 3. The minimum absolute atomic E-state index is 0.0751. The third-order valence-electron chi connectivity index (χ3n) is 2.49. The number of nitrogens with two attached hydrogens (primary N) is 1. The molecule has 1 aromatic rings. The molecule has 2 amide bonds. The van der Waals surface area contributed by atoms with E-state index >= 15 is 0 Å². The van der Waals surface area contributed by atoms with Crippen LogP contribution < -0.4 is 10.6 Å². The highest BCUT2D eigenvalue weighted by Crippen LogP contribution is 2.30. The van der Waals surface area contributed by atoms with Crippen LogP contribution >= 0.6 is 0 Å². The predicted molar refractivity (Wildman–Crippen MR) is 59.3 cm³/mol. The standard InChI is InChI=1S/C11H10N2O4/c12-7-1-2-8-6(3-7)4-9(14)13(8)10(15)5-11(16)17/h1-3H,4-5,12H2,(H,16,17). The first kappa shape index (κ1) is 11.1. The first-order valence-corrected chi connectivity index (χ1v) is 4.95. The molecule has 0 unspecified atom stereocenters. The maximum Gasteiger partial charge on any atom is 0.312 e. The summed E-state index contributed by atoms with van der Waals surface area (Å²) in [6.07, 6.45) is -0.624. The van der Waals surface area contributed by atoms with Gasteiger partial charge < -0.3 is 10.8 Å². The Labute approximate surface area is 96.6 Å². The van der Waals surface area contributed by atoms with Crippen molar-refractivity contribution in [2.45, 2.75) is 12.8 Å². The number of nitrogen functional groups attached to an aromatic ring is 1.